The van der Waals surface area contributed by atoms with Gasteiger partial charge in [0, 0.05) is 26.2 Å². The van der Waals surface area contributed by atoms with E-state index in [1.807, 2.05) is 6.08 Å². The zero-order chi connectivity index (χ0) is 27.5. The summed E-state index contributed by atoms with van der Waals surface area (Å²) in [5.74, 6) is -2.00. The number of nitrogens with zero attached hydrogens (tertiary/aromatic N) is 2. The molecule has 1 N–H and O–H groups in total. The van der Waals surface area contributed by atoms with Gasteiger partial charge >= 0.3 is 5.97 Å². The summed E-state index contributed by atoms with van der Waals surface area (Å²) >= 11 is 0. The number of carbonyl (C=O) groups excluding carboxylic acids is 3. The van der Waals surface area contributed by atoms with Gasteiger partial charge in [-0.15, -0.1) is 13.2 Å². The van der Waals surface area contributed by atoms with Crippen molar-refractivity contribution in [3.63, 3.8) is 0 Å². The number of amides is 2. The van der Waals surface area contributed by atoms with Gasteiger partial charge in [-0.3, -0.25) is 14.4 Å². The number of unbranched alkanes of at least 4 members (excludes halogenated alkanes) is 7. The number of allylic oxidation sites excluding steroid dienone is 1. The van der Waals surface area contributed by atoms with E-state index in [-0.39, 0.29) is 30.5 Å². The quantitative estimate of drug-likeness (QED) is 0.153. The van der Waals surface area contributed by atoms with E-state index in [9.17, 15) is 14.4 Å². The lowest BCUT2D eigenvalue weighted by molar-refractivity contribution is -0.155. The molecule has 2 unspecified atom stereocenters. The van der Waals surface area contributed by atoms with E-state index in [1.165, 1.54) is 0 Å². The molecule has 3 fully saturated rings. The summed E-state index contributed by atoms with van der Waals surface area (Å²) in [6.07, 6.45) is 13.1. The Kier molecular flexibility index (Phi) is 11.8. The fourth-order valence-electron chi connectivity index (χ4n) is 6.52. The second kappa shape index (κ2) is 14.8. The van der Waals surface area contributed by atoms with Gasteiger partial charge in [-0.2, -0.15) is 0 Å². The Morgan fingerprint density at radius 2 is 1.92 bits per heavy atom. The first kappa shape index (κ1) is 30.4. The van der Waals surface area contributed by atoms with E-state index in [2.05, 4.69) is 20.1 Å². The highest BCUT2D eigenvalue weighted by atomic mass is 16.6. The van der Waals surface area contributed by atoms with Crippen molar-refractivity contribution < 1.29 is 29.0 Å². The summed E-state index contributed by atoms with van der Waals surface area (Å²) in [5, 5.41) is 9.11. The Balaban J connectivity index is 1.83. The second-order valence-electron chi connectivity index (χ2n) is 11.0. The molecule has 0 aromatic carbocycles. The topological polar surface area (TPSA) is 96.4 Å². The van der Waals surface area contributed by atoms with Crippen LogP contribution in [0.2, 0.25) is 0 Å². The average Bonchev–Trinajstić information content (AvgIpc) is 3.55. The van der Waals surface area contributed by atoms with Crippen molar-refractivity contribution in [3.8, 4) is 0 Å². The molecule has 3 aliphatic heterocycles. The predicted octanol–water partition coefficient (Wildman–Crippen LogP) is 4.02. The summed E-state index contributed by atoms with van der Waals surface area (Å²) in [6.45, 7) is 11.6. The van der Waals surface area contributed by atoms with E-state index < -0.39 is 23.5 Å². The summed E-state index contributed by atoms with van der Waals surface area (Å²) in [4.78, 5) is 44.9. The molecule has 2 amide bonds. The Hall–Kier alpha value is -2.19. The van der Waals surface area contributed by atoms with Crippen molar-refractivity contribution in [3.05, 3.63) is 25.3 Å². The molecule has 0 radical (unpaired) electrons. The predicted molar refractivity (Wildman–Crippen MR) is 146 cm³/mol. The molecule has 0 aromatic rings. The molecule has 3 saturated heterocycles. The smallest absolute Gasteiger partial charge is 0.312 e. The van der Waals surface area contributed by atoms with Gasteiger partial charge < -0.3 is 24.4 Å². The lowest BCUT2D eigenvalue weighted by Gasteiger charge is -2.37. The van der Waals surface area contributed by atoms with Crippen molar-refractivity contribution in [2.75, 3.05) is 32.8 Å². The van der Waals surface area contributed by atoms with Crippen molar-refractivity contribution in [1.29, 1.82) is 0 Å². The van der Waals surface area contributed by atoms with E-state index in [1.54, 1.807) is 15.9 Å². The van der Waals surface area contributed by atoms with E-state index in [4.69, 9.17) is 14.6 Å². The van der Waals surface area contributed by atoms with Crippen LogP contribution in [0.25, 0.3) is 0 Å². The van der Waals surface area contributed by atoms with Crippen LogP contribution in [0.3, 0.4) is 0 Å². The molecule has 3 heterocycles. The number of esters is 1. The Morgan fingerprint density at radius 3 is 2.63 bits per heavy atom. The fourth-order valence-corrected chi connectivity index (χ4v) is 6.52. The third-order valence-electron chi connectivity index (χ3n) is 8.35. The molecule has 0 aliphatic carbocycles. The largest absolute Gasteiger partial charge is 0.465 e. The maximum atomic E-state index is 14.1. The highest BCUT2D eigenvalue weighted by Crippen LogP contribution is 2.58. The first-order chi connectivity index (χ1) is 18.5. The van der Waals surface area contributed by atoms with Crippen LogP contribution in [0.5, 0.6) is 0 Å². The normalized spacial score (nSPS) is 27.4. The van der Waals surface area contributed by atoms with Crippen LogP contribution < -0.4 is 0 Å². The maximum absolute atomic E-state index is 14.1. The van der Waals surface area contributed by atoms with Gasteiger partial charge in [0.25, 0.3) is 0 Å². The van der Waals surface area contributed by atoms with Gasteiger partial charge in [-0.25, -0.2) is 0 Å². The number of aliphatic hydroxyl groups excluding tert-OH is 1. The monoisotopic (exact) mass is 532 g/mol. The van der Waals surface area contributed by atoms with Gasteiger partial charge in [-0.05, 0) is 51.4 Å². The average molecular weight is 533 g/mol. The minimum atomic E-state index is -0.985. The zero-order valence-electron chi connectivity index (χ0n) is 23.3. The van der Waals surface area contributed by atoms with Crippen LogP contribution in [0.1, 0.15) is 84.0 Å². The molecule has 0 saturated carbocycles. The third-order valence-corrected chi connectivity index (χ3v) is 8.35. The number of ether oxygens (including phenoxy) is 2. The van der Waals surface area contributed by atoms with E-state index in [0.717, 1.165) is 64.2 Å². The summed E-state index contributed by atoms with van der Waals surface area (Å²) < 4.78 is 12.1. The summed E-state index contributed by atoms with van der Waals surface area (Å²) in [6, 6.07) is -0.741. The van der Waals surface area contributed by atoms with Crippen LogP contribution in [0, 0.1) is 11.8 Å². The SMILES string of the molecule is C=CCCCCOC(=O)[C@@H]1[C@H]2C(=O)N(CCCCCCO)C(C(=O)N(CC=C)CCCCC)C23CC[C@H]1O3. The molecule has 2 bridgehead atoms. The Morgan fingerprint density at radius 1 is 1.13 bits per heavy atom. The summed E-state index contributed by atoms with van der Waals surface area (Å²) in [7, 11) is 0. The Bertz CT molecular complexity index is 832. The lowest BCUT2D eigenvalue weighted by atomic mass is 9.70. The molecule has 8 nitrogen and oxygen atoms in total. The molecule has 38 heavy (non-hydrogen) atoms. The zero-order valence-corrected chi connectivity index (χ0v) is 23.3. The molecule has 5 atom stereocenters. The van der Waals surface area contributed by atoms with Crippen LogP contribution >= 0.6 is 0 Å². The van der Waals surface area contributed by atoms with Crippen molar-refractivity contribution in [1.82, 2.24) is 9.80 Å². The first-order valence-electron chi connectivity index (χ1n) is 14.7. The third kappa shape index (κ3) is 6.50. The number of carbonyl (C=O) groups is 3. The summed E-state index contributed by atoms with van der Waals surface area (Å²) in [5.41, 5.74) is -0.985. The molecular formula is C30H48N2O6. The van der Waals surface area contributed by atoms with E-state index >= 15 is 0 Å². The number of hydrogen-bond donors (Lipinski definition) is 1. The van der Waals surface area contributed by atoms with Crippen molar-refractivity contribution >= 4 is 17.8 Å². The number of aliphatic hydroxyl groups is 1. The number of fused-ring (bicyclic) bond motifs is 1. The number of likely N-dealkylation sites (tertiary alicyclic amines) is 1. The van der Waals surface area contributed by atoms with Gasteiger partial charge in [0.05, 0.1) is 24.5 Å². The maximum Gasteiger partial charge on any atom is 0.312 e. The number of rotatable bonds is 19. The van der Waals surface area contributed by atoms with Gasteiger partial charge in [0.1, 0.15) is 11.6 Å². The standard InChI is InChI=1S/C30H48N2O6/c1-4-7-9-15-22-37-29(36)24-23-16-17-30(38-23)25(24)27(34)32(20-13-10-11-14-21-33)26(30)28(35)31(18-6-3)19-12-8-5-2/h4,6,23-26,33H,1,3,5,7-22H2,2H3/t23-,24+,25+,26?,30?/m1/s1. The highest BCUT2D eigenvalue weighted by Gasteiger charge is 2.74. The van der Waals surface area contributed by atoms with Gasteiger partial charge in [0.15, 0.2) is 0 Å². The number of hydrogen-bond acceptors (Lipinski definition) is 6. The molecule has 0 aromatic heterocycles. The first-order valence-corrected chi connectivity index (χ1v) is 14.7. The molecular weight excluding hydrogens is 484 g/mol. The van der Waals surface area contributed by atoms with Crippen LogP contribution in [0.4, 0.5) is 0 Å². The highest BCUT2D eigenvalue weighted by molar-refractivity contribution is 5.98. The molecule has 214 valence electrons. The van der Waals surface area contributed by atoms with Gasteiger partial charge in [-0.1, -0.05) is 44.8 Å². The van der Waals surface area contributed by atoms with Crippen molar-refractivity contribution in [2.24, 2.45) is 11.8 Å². The van der Waals surface area contributed by atoms with Crippen molar-refractivity contribution in [2.45, 2.75) is 102 Å². The fraction of sp³-hybridized carbons (Fsp3) is 0.767. The minimum absolute atomic E-state index is 0.105. The minimum Gasteiger partial charge on any atom is -0.465 e. The van der Waals surface area contributed by atoms with Gasteiger partial charge in [0.2, 0.25) is 11.8 Å². The van der Waals surface area contributed by atoms with Crippen LogP contribution in [0.15, 0.2) is 25.3 Å². The lowest BCUT2D eigenvalue weighted by Crippen LogP contribution is -2.56. The Labute approximate surface area is 228 Å². The second-order valence-corrected chi connectivity index (χ2v) is 11.0. The molecule has 3 rings (SSSR count). The molecule has 3 aliphatic rings. The van der Waals surface area contributed by atoms with Crippen LogP contribution in [-0.4, -0.2) is 83.3 Å². The molecule has 1 spiro atoms. The van der Waals surface area contributed by atoms with E-state index in [0.29, 0.717) is 39.1 Å². The van der Waals surface area contributed by atoms with Crippen LogP contribution in [-0.2, 0) is 23.9 Å². The molecule has 8 heteroatoms.